The van der Waals surface area contributed by atoms with E-state index in [1.54, 1.807) is 6.20 Å². The number of hydrogen-bond acceptors (Lipinski definition) is 4. The van der Waals surface area contributed by atoms with E-state index >= 15 is 0 Å². The molecule has 2 unspecified atom stereocenters. The summed E-state index contributed by atoms with van der Waals surface area (Å²) in [5.74, 6) is 0. The van der Waals surface area contributed by atoms with Crippen LogP contribution in [-0.4, -0.2) is 30.9 Å². The lowest BCUT2D eigenvalue weighted by atomic mass is 10.1. The van der Waals surface area contributed by atoms with Crippen LogP contribution >= 0.6 is 15.9 Å². The van der Waals surface area contributed by atoms with E-state index in [1.807, 2.05) is 24.3 Å². The van der Waals surface area contributed by atoms with Crippen molar-refractivity contribution in [3.8, 4) is 0 Å². The van der Waals surface area contributed by atoms with Gasteiger partial charge in [-0.1, -0.05) is 12.1 Å². The molecule has 1 aliphatic carbocycles. The fourth-order valence-corrected chi connectivity index (χ4v) is 4.80. The van der Waals surface area contributed by atoms with Crippen LogP contribution in [0.15, 0.2) is 34.9 Å². The van der Waals surface area contributed by atoms with Crippen molar-refractivity contribution in [2.75, 3.05) is 11.6 Å². The molecule has 1 aromatic heterocycles. The average molecular weight is 369 g/mol. The highest BCUT2D eigenvalue weighted by Gasteiger charge is 2.34. The number of nitrogens with one attached hydrogen (secondary N) is 1. The van der Waals surface area contributed by atoms with Crippen LogP contribution in [-0.2, 0) is 9.84 Å². The van der Waals surface area contributed by atoms with Gasteiger partial charge in [0.1, 0.15) is 0 Å². The maximum Gasteiger partial charge on any atom is 0.152 e. The molecule has 6 heteroatoms. The number of fused-ring (bicyclic) bond motifs is 1. The van der Waals surface area contributed by atoms with E-state index in [2.05, 4.69) is 26.2 Å². The molecule has 21 heavy (non-hydrogen) atoms. The Labute approximate surface area is 133 Å². The second-order valence-electron chi connectivity index (χ2n) is 5.58. The van der Waals surface area contributed by atoms with Crippen LogP contribution in [0.25, 0.3) is 10.9 Å². The van der Waals surface area contributed by atoms with Gasteiger partial charge in [-0.05, 0) is 47.3 Å². The molecule has 0 radical (unpaired) electrons. The number of rotatable bonds is 3. The van der Waals surface area contributed by atoms with Gasteiger partial charge in [0.25, 0.3) is 0 Å². The topological polar surface area (TPSA) is 59.1 Å². The Morgan fingerprint density at radius 1 is 1.33 bits per heavy atom. The molecule has 0 spiro atoms. The minimum absolute atomic E-state index is 0.0314. The lowest BCUT2D eigenvalue weighted by Crippen LogP contribution is -2.34. The van der Waals surface area contributed by atoms with Crippen molar-refractivity contribution in [1.82, 2.24) is 4.98 Å². The van der Waals surface area contributed by atoms with E-state index in [1.165, 1.54) is 6.26 Å². The van der Waals surface area contributed by atoms with Gasteiger partial charge >= 0.3 is 0 Å². The van der Waals surface area contributed by atoms with Crippen molar-refractivity contribution in [3.63, 3.8) is 0 Å². The molecule has 4 nitrogen and oxygen atoms in total. The molecule has 1 N–H and O–H groups in total. The number of para-hydroxylation sites is 1. The number of pyridine rings is 1. The Balaban J connectivity index is 1.95. The zero-order valence-corrected chi connectivity index (χ0v) is 14.1. The Hall–Kier alpha value is -1.14. The predicted molar refractivity (Wildman–Crippen MR) is 89.3 cm³/mol. The van der Waals surface area contributed by atoms with Crippen molar-refractivity contribution in [2.45, 2.75) is 30.6 Å². The van der Waals surface area contributed by atoms with Crippen molar-refractivity contribution >= 4 is 42.4 Å². The third-order valence-corrected chi connectivity index (χ3v) is 6.12. The zero-order valence-electron chi connectivity index (χ0n) is 11.7. The van der Waals surface area contributed by atoms with Gasteiger partial charge in [-0.2, -0.15) is 0 Å². The Bertz CT molecular complexity index is 776. The molecule has 3 rings (SSSR count). The van der Waals surface area contributed by atoms with E-state index in [0.29, 0.717) is 0 Å². The van der Waals surface area contributed by atoms with Gasteiger partial charge in [0.15, 0.2) is 9.84 Å². The van der Waals surface area contributed by atoms with Crippen LogP contribution in [0, 0.1) is 0 Å². The summed E-state index contributed by atoms with van der Waals surface area (Å²) < 4.78 is 24.7. The largest absolute Gasteiger partial charge is 0.379 e. The average Bonchev–Trinajstić information content (AvgIpc) is 2.87. The number of anilines is 1. The lowest BCUT2D eigenvalue weighted by molar-refractivity contribution is 0.579. The highest BCUT2D eigenvalue weighted by Crippen LogP contribution is 2.30. The fraction of sp³-hybridized carbons (Fsp3) is 0.400. The molecule has 2 atom stereocenters. The van der Waals surface area contributed by atoms with Gasteiger partial charge in [-0.3, -0.25) is 4.98 Å². The summed E-state index contributed by atoms with van der Waals surface area (Å²) in [7, 11) is -3.02. The summed E-state index contributed by atoms with van der Waals surface area (Å²) in [6, 6.07) is 7.90. The van der Waals surface area contributed by atoms with E-state index in [9.17, 15) is 8.42 Å². The van der Waals surface area contributed by atoms with Crippen molar-refractivity contribution in [2.24, 2.45) is 0 Å². The summed E-state index contributed by atoms with van der Waals surface area (Å²) in [6.45, 7) is 0. The number of sulfone groups is 1. The monoisotopic (exact) mass is 368 g/mol. The standard InChI is InChI=1S/C15H17BrN2O2S/c1-21(19,20)14-7-3-5-12(14)18-13-6-2-4-10-8-11(16)9-17-15(10)13/h2,4,6,8-9,12,14,18H,3,5,7H2,1H3. The fourth-order valence-electron chi connectivity index (χ4n) is 3.05. The van der Waals surface area contributed by atoms with E-state index < -0.39 is 9.84 Å². The molecule has 0 aliphatic heterocycles. The third-order valence-electron chi connectivity index (χ3n) is 4.02. The molecule has 112 valence electrons. The van der Waals surface area contributed by atoms with Crippen LogP contribution in [0.3, 0.4) is 0 Å². The minimum atomic E-state index is -3.02. The van der Waals surface area contributed by atoms with Crippen molar-refractivity contribution < 1.29 is 8.42 Å². The molecule has 1 aliphatic rings. The molecule has 0 bridgehead atoms. The van der Waals surface area contributed by atoms with Crippen molar-refractivity contribution in [1.29, 1.82) is 0 Å². The molecule has 1 fully saturated rings. The molecule has 1 heterocycles. The van der Waals surface area contributed by atoms with E-state index in [-0.39, 0.29) is 11.3 Å². The zero-order chi connectivity index (χ0) is 15.0. The second kappa shape index (κ2) is 5.57. The highest BCUT2D eigenvalue weighted by atomic mass is 79.9. The Morgan fingerprint density at radius 2 is 2.14 bits per heavy atom. The third kappa shape index (κ3) is 3.06. The number of nitrogens with zero attached hydrogens (tertiary/aromatic N) is 1. The first-order valence-electron chi connectivity index (χ1n) is 6.95. The smallest absolute Gasteiger partial charge is 0.152 e. The van der Waals surface area contributed by atoms with Crippen LogP contribution in [0.4, 0.5) is 5.69 Å². The summed E-state index contributed by atoms with van der Waals surface area (Å²) in [6.07, 6.45) is 5.65. The summed E-state index contributed by atoms with van der Waals surface area (Å²) in [5.41, 5.74) is 1.78. The van der Waals surface area contributed by atoms with Crippen LogP contribution in [0.1, 0.15) is 19.3 Å². The normalized spacial score (nSPS) is 22.6. The summed E-state index contributed by atoms with van der Waals surface area (Å²) in [4.78, 5) is 4.45. The van der Waals surface area contributed by atoms with Gasteiger partial charge in [0.05, 0.1) is 16.5 Å². The second-order valence-corrected chi connectivity index (χ2v) is 8.76. The quantitative estimate of drug-likeness (QED) is 0.901. The van der Waals surface area contributed by atoms with Crippen LogP contribution in [0.2, 0.25) is 0 Å². The number of aromatic nitrogens is 1. The van der Waals surface area contributed by atoms with Gasteiger partial charge in [-0.15, -0.1) is 0 Å². The molecule has 2 aromatic rings. The summed E-state index contributed by atoms with van der Waals surface area (Å²) in [5, 5.41) is 4.13. The van der Waals surface area contributed by atoms with Gasteiger partial charge < -0.3 is 5.32 Å². The lowest BCUT2D eigenvalue weighted by Gasteiger charge is -2.21. The minimum Gasteiger partial charge on any atom is -0.379 e. The van der Waals surface area contributed by atoms with Crippen LogP contribution < -0.4 is 5.32 Å². The predicted octanol–water partition coefficient (Wildman–Crippen LogP) is 3.37. The van der Waals surface area contributed by atoms with Crippen molar-refractivity contribution in [3.05, 3.63) is 34.9 Å². The molecule has 0 saturated heterocycles. The number of hydrogen-bond donors (Lipinski definition) is 1. The first kappa shape index (κ1) is 14.8. The molecular formula is C15H17BrN2O2S. The Morgan fingerprint density at radius 3 is 2.90 bits per heavy atom. The van der Waals surface area contributed by atoms with Crippen LogP contribution in [0.5, 0.6) is 0 Å². The first-order chi connectivity index (χ1) is 9.95. The van der Waals surface area contributed by atoms with Gasteiger partial charge in [0, 0.05) is 28.4 Å². The molecule has 0 amide bonds. The first-order valence-corrected chi connectivity index (χ1v) is 9.69. The number of benzene rings is 1. The number of halogens is 1. The molecule has 1 aromatic carbocycles. The van der Waals surface area contributed by atoms with E-state index in [0.717, 1.165) is 40.3 Å². The molecule has 1 saturated carbocycles. The summed E-state index contributed by atoms with van der Waals surface area (Å²) >= 11 is 3.42. The van der Waals surface area contributed by atoms with Gasteiger partial charge in [0.2, 0.25) is 0 Å². The highest BCUT2D eigenvalue weighted by molar-refractivity contribution is 9.10. The van der Waals surface area contributed by atoms with E-state index in [4.69, 9.17) is 0 Å². The molecular weight excluding hydrogens is 352 g/mol. The SMILES string of the molecule is CS(=O)(=O)C1CCCC1Nc1cccc2cc(Br)cnc12. The maximum atomic E-state index is 11.9. The Kier molecular flexibility index (Phi) is 3.92. The van der Waals surface area contributed by atoms with Gasteiger partial charge in [-0.25, -0.2) is 8.42 Å². The maximum absolute atomic E-state index is 11.9.